The van der Waals surface area contributed by atoms with Crippen molar-refractivity contribution in [1.29, 1.82) is 0 Å². The number of hydrogen-bond donors (Lipinski definition) is 2. The van der Waals surface area contributed by atoms with E-state index in [-0.39, 0.29) is 19.1 Å². The Morgan fingerprint density at radius 2 is 1.52 bits per heavy atom. The number of benzene rings is 3. The number of carbonyl (C=O) groups is 2. The van der Waals surface area contributed by atoms with Crippen molar-refractivity contribution in [1.82, 2.24) is 5.32 Å². The molecule has 0 saturated heterocycles. The summed E-state index contributed by atoms with van der Waals surface area (Å²) in [6, 6.07) is 21.8. The summed E-state index contributed by atoms with van der Waals surface area (Å²) in [5.41, 5.74) is 4.42. The second-order valence-electron chi connectivity index (χ2n) is 7.13. The molecule has 1 amide bonds. The lowest BCUT2D eigenvalue weighted by atomic mass is 9.98. The zero-order valence-corrected chi connectivity index (χ0v) is 18.0. The van der Waals surface area contributed by atoms with Gasteiger partial charge in [0.05, 0.1) is 0 Å². The third-order valence-electron chi connectivity index (χ3n) is 5.16. The summed E-state index contributed by atoms with van der Waals surface area (Å²) in [7, 11) is 0. The number of carboxylic acid groups (broad SMARTS) is 1. The summed E-state index contributed by atoms with van der Waals surface area (Å²) in [4.78, 5) is 23.9. The van der Waals surface area contributed by atoms with E-state index in [0.29, 0.717) is 5.75 Å². The maximum Gasteiger partial charge on any atom is 0.407 e. The number of amides is 1. The maximum absolute atomic E-state index is 12.3. The first-order valence-electron chi connectivity index (χ1n) is 9.75. The summed E-state index contributed by atoms with van der Waals surface area (Å²) < 4.78 is 11.8. The van der Waals surface area contributed by atoms with Gasteiger partial charge in [0.2, 0.25) is 0 Å². The minimum atomic E-state index is -1.24. The average Bonchev–Trinajstić information content (AvgIpc) is 3.10. The number of carboxylic acids is 1. The number of alkyl carbamates (subject to hydrolysis) is 1. The van der Waals surface area contributed by atoms with Crippen LogP contribution in [0.25, 0.3) is 11.1 Å². The van der Waals surface area contributed by atoms with Crippen LogP contribution in [0.2, 0.25) is 0 Å². The third kappa shape index (κ3) is 4.72. The van der Waals surface area contributed by atoms with Crippen molar-refractivity contribution >= 4 is 28.0 Å². The highest BCUT2D eigenvalue weighted by molar-refractivity contribution is 9.10. The van der Waals surface area contributed by atoms with Crippen molar-refractivity contribution in [2.75, 3.05) is 13.2 Å². The molecule has 4 rings (SSSR count). The van der Waals surface area contributed by atoms with E-state index in [1.165, 1.54) is 0 Å². The molecule has 0 saturated carbocycles. The molecule has 0 radical (unpaired) electrons. The normalized spacial score (nSPS) is 13.1. The fraction of sp³-hybridized carbons (Fsp3) is 0.167. The van der Waals surface area contributed by atoms with Gasteiger partial charge in [0, 0.05) is 10.4 Å². The van der Waals surface area contributed by atoms with Crippen molar-refractivity contribution in [2.24, 2.45) is 0 Å². The van der Waals surface area contributed by atoms with E-state index in [4.69, 9.17) is 9.47 Å². The van der Waals surface area contributed by atoms with Crippen molar-refractivity contribution < 1.29 is 24.2 Å². The van der Waals surface area contributed by atoms with Gasteiger partial charge >= 0.3 is 12.1 Å². The first kappa shape index (κ1) is 20.9. The molecule has 7 heteroatoms. The predicted molar refractivity (Wildman–Crippen MR) is 119 cm³/mol. The first-order valence-corrected chi connectivity index (χ1v) is 10.5. The Morgan fingerprint density at radius 1 is 0.935 bits per heavy atom. The van der Waals surface area contributed by atoms with Gasteiger partial charge in [0.25, 0.3) is 0 Å². The highest BCUT2D eigenvalue weighted by Crippen LogP contribution is 2.44. The maximum atomic E-state index is 12.3. The summed E-state index contributed by atoms with van der Waals surface area (Å²) in [6.45, 7) is -0.110. The van der Waals surface area contributed by atoms with Gasteiger partial charge in [-0.15, -0.1) is 0 Å². The van der Waals surface area contributed by atoms with Crippen LogP contribution in [0.3, 0.4) is 0 Å². The van der Waals surface area contributed by atoms with Gasteiger partial charge in [-0.3, -0.25) is 0 Å². The molecule has 1 aliphatic carbocycles. The second-order valence-corrected chi connectivity index (χ2v) is 8.04. The third-order valence-corrected chi connectivity index (χ3v) is 5.69. The average molecular weight is 482 g/mol. The summed E-state index contributed by atoms with van der Waals surface area (Å²) in [5.74, 6) is -0.796. The van der Waals surface area contributed by atoms with Crippen LogP contribution in [0.1, 0.15) is 17.0 Å². The highest BCUT2D eigenvalue weighted by atomic mass is 79.9. The minimum Gasteiger partial charge on any atom is -0.491 e. The molecular formula is C24H20BrNO5. The molecular weight excluding hydrogens is 462 g/mol. The van der Waals surface area contributed by atoms with Crippen LogP contribution in [-0.4, -0.2) is 36.4 Å². The van der Waals surface area contributed by atoms with E-state index in [0.717, 1.165) is 26.7 Å². The number of fused-ring (bicyclic) bond motifs is 3. The molecule has 0 heterocycles. The molecule has 0 aliphatic heterocycles. The van der Waals surface area contributed by atoms with Crippen LogP contribution in [0.15, 0.2) is 77.3 Å². The Balaban J connectivity index is 1.38. The lowest BCUT2D eigenvalue weighted by Gasteiger charge is -2.18. The SMILES string of the molecule is O=C(N[C@H](COc1ccc(Br)cc1)C(=O)O)OCC1c2ccccc2-c2ccccc21. The van der Waals surface area contributed by atoms with E-state index in [1.54, 1.807) is 24.3 Å². The van der Waals surface area contributed by atoms with Crippen LogP contribution >= 0.6 is 15.9 Å². The van der Waals surface area contributed by atoms with Crippen LogP contribution in [0.4, 0.5) is 4.79 Å². The number of ether oxygens (including phenoxy) is 2. The Kier molecular flexibility index (Phi) is 6.23. The van der Waals surface area contributed by atoms with Gasteiger partial charge in [-0.05, 0) is 46.5 Å². The molecule has 2 N–H and O–H groups in total. The quantitative estimate of drug-likeness (QED) is 0.505. The molecule has 3 aromatic carbocycles. The van der Waals surface area contributed by atoms with Gasteiger partial charge in [-0.25, -0.2) is 9.59 Å². The van der Waals surface area contributed by atoms with Crippen molar-refractivity contribution in [3.8, 4) is 16.9 Å². The Hall–Kier alpha value is -3.32. The number of aliphatic carboxylic acids is 1. The zero-order valence-electron chi connectivity index (χ0n) is 16.5. The van der Waals surface area contributed by atoms with E-state index >= 15 is 0 Å². The van der Waals surface area contributed by atoms with Gasteiger partial charge in [0.1, 0.15) is 19.0 Å². The molecule has 1 aliphatic rings. The standard InChI is InChI=1S/C24H20BrNO5/c25-15-9-11-16(12-10-15)30-14-22(23(27)28)26-24(29)31-13-21-19-7-3-1-5-17(19)18-6-2-4-8-20(18)21/h1-12,21-22H,13-14H2,(H,26,29)(H,27,28)/t22-/m1/s1. The van der Waals surface area contributed by atoms with Gasteiger partial charge < -0.3 is 19.9 Å². The van der Waals surface area contributed by atoms with E-state index in [1.807, 2.05) is 48.5 Å². The first-order chi connectivity index (χ1) is 15.0. The highest BCUT2D eigenvalue weighted by Gasteiger charge is 2.29. The van der Waals surface area contributed by atoms with Gasteiger partial charge in [-0.1, -0.05) is 64.5 Å². The summed E-state index contributed by atoms with van der Waals surface area (Å²) >= 11 is 3.32. The molecule has 0 bridgehead atoms. The minimum absolute atomic E-state index is 0.0968. The van der Waals surface area contributed by atoms with Crippen molar-refractivity contribution in [2.45, 2.75) is 12.0 Å². The number of hydrogen-bond acceptors (Lipinski definition) is 4. The zero-order chi connectivity index (χ0) is 21.8. The lowest BCUT2D eigenvalue weighted by Crippen LogP contribution is -2.45. The Labute approximate surface area is 187 Å². The van der Waals surface area contributed by atoms with Gasteiger partial charge in [-0.2, -0.15) is 0 Å². The topological polar surface area (TPSA) is 84.9 Å². The van der Waals surface area contributed by atoms with Crippen molar-refractivity contribution in [3.63, 3.8) is 0 Å². The largest absolute Gasteiger partial charge is 0.491 e. The Morgan fingerprint density at radius 3 is 2.10 bits per heavy atom. The van der Waals surface area contributed by atoms with Crippen molar-refractivity contribution in [3.05, 3.63) is 88.4 Å². The fourth-order valence-corrected chi connectivity index (χ4v) is 3.93. The van der Waals surface area contributed by atoms with Crippen LogP contribution in [-0.2, 0) is 9.53 Å². The smallest absolute Gasteiger partial charge is 0.407 e. The van der Waals surface area contributed by atoms with Crippen LogP contribution in [0.5, 0.6) is 5.75 Å². The lowest BCUT2D eigenvalue weighted by molar-refractivity contribution is -0.140. The molecule has 0 unspecified atom stereocenters. The number of nitrogens with one attached hydrogen (secondary N) is 1. The van der Waals surface area contributed by atoms with Crippen LogP contribution in [0, 0.1) is 0 Å². The molecule has 6 nitrogen and oxygen atoms in total. The number of carbonyl (C=O) groups excluding carboxylic acids is 1. The molecule has 31 heavy (non-hydrogen) atoms. The summed E-state index contributed by atoms with van der Waals surface area (Å²) in [5, 5.41) is 11.8. The molecule has 0 spiro atoms. The molecule has 158 valence electrons. The number of rotatable bonds is 7. The summed E-state index contributed by atoms with van der Waals surface area (Å²) in [6.07, 6.45) is -0.798. The predicted octanol–water partition coefficient (Wildman–Crippen LogP) is 4.82. The molecule has 1 atom stereocenters. The van der Waals surface area contributed by atoms with Crippen LogP contribution < -0.4 is 10.1 Å². The Bertz CT molecular complexity index is 1050. The molecule has 0 aromatic heterocycles. The monoisotopic (exact) mass is 481 g/mol. The van der Waals surface area contributed by atoms with E-state index in [2.05, 4.69) is 21.2 Å². The number of halogens is 1. The fourth-order valence-electron chi connectivity index (χ4n) is 3.67. The van der Waals surface area contributed by atoms with E-state index in [9.17, 15) is 14.7 Å². The van der Waals surface area contributed by atoms with Gasteiger partial charge in [0.15, 0.2) is 6.04 Å². The second kappa shape index (κ2) is 9.22. The molecule has 0 fully saturated rings. The van der Waals surface area contributed by atoms with E-state index < -0.39 is 18.1 Å². The molecule has 3 aromatic rings.